The van der Waals surface area contributed by atoms with Crippen molar-refractivity contribution >= 4 is 28.5 Å². The van der Waals surface area contributed by atoms with Crippen LogP contribution >= 0.6 is 0 Å². The van der Waals surface area contributed by atoms with Crippen LogP contribution in [0.2, 0.25) is 0 Å². The Balaban J connectivity index is 1.76. The highest BCUT2D eigenvalue weighted by molar-refractivity contribution is 6.01. The number of carbonyl (C=O) groups excluding carboxylic acids is 1. The van der Waals surface area contributed by atoms with Crippen LogP contribution in [-0.4, -0.2) is 35.1 Å². The summed E-state index contributed by atoms with van der Waals surface area (Å²) >= 11 is 0. The number of aliphatic carboxylic acids is 1. The molecule has 0 aliphatic carbocycles. The van der Waals surface area contributed by atoms with Crippen molar-refractivity contribution in [2.75, 3.05) is 18.1 Å². The fourth-order valence-electron chi connectivity index (χ4n) is 2.97. The quantitative estimate of drug-likeness (QED) is 0.784. The molecule has 4 rings (SSSR count). The molecule has 0 saturated heterocycles. The summed E-state index contributed by atoms with van der Waals surface area (Å²) in [6.07, 6.45) is 1.57. The Bertz CT molecular complexity index is 1050. The monoisotopic (exact) mass is 352 g/mol. The summed E-state index contributed by atoms with van der Waals surface area (Å²) < 4.78 is 19.2. The molecule has 2 aromatic carbocycles. The lowest BCUT2D eigenvalue weighted by atomic mass is 10.0. The first kappa shape index (κ1) is 16.0. The average Bonchev–Trinajstić information content (AvgIpc) is 2.63. The third kappa shape index (κ3) is 2.73. The molecule has 6 nitrogen and oxygen atoms in total. The van der Waals surface area contributed by atoms with Crippen molar-refractivity contribution < 1.29 is 23.8 Å². The number of carboxylic acid groups (broad SMARTS) is 1. The number of hydrogen-bond donors (Lipinski definition) is 1. The zero-order chi connectivity index (χ0) is 18.3. The van der Waals surface area contributed by atoms with Crippen LogP contribution in [0, 0.1) is 5.82 Å². The number of nitrogens with zero attached hydrogens (tertiary/aromatic N) is 2. The van der Waals surface area contributed by atoms with Gasteiger partial charge >= 0.3 is 5.97 Å². The first-order valence-corrected chi connectivity index (χ1v) is 7.86. The van der Waals surface area contributed by atoms with Gasteiger partial charge in [-0.1, -0.05) is 18.2 Å². The minimum absolute atomic E-state index is 0.217. The number of amides is 1. The molecule has 3 aromatic rings. The molecule has 130 valence electrons. The molecule has 0 spiro atoms. The molecular weight excluding hydrogens is 339 g/mol. The number of para-hydroxylation sites is 1. The van der Waals surface area contributed by atoms with Gasteiger partial charge in [0, 0.05) is 17.1 Å². The van der Waals surface area contributed by atoms with Crippen LogP contribution in [-0.2, 0) is 9.59 Å². The van der Waals surface area contributed by atoms with E-state index in [2.05, 4.69) is 4.98 Å². The van der Waals surface area contributed by atoms with Gasteiger partial charge in [-0.25, -0.2) is 4.39 Å². The topological polar surface area (TPSA) is 79.7 Å². The first-order chi connectivity index (χ1) is 12.5. The molecule has 0 bridgehead atoms. The zero-order valence-corrected chi connectivity index (χ0v) is 13.5. The summed E-state index contributed by atoms with van der Waals surface area (Å²) in [7, 11) is 0. The van der Waals surface area contributed by atoms with Crippen LogP contribution in [0.3, 0.4) is 0 Å². The van der Waals surface area contributed by atoms with Gasteiger partial charge in [0.05, 0.1) is 5.69 Å². The number of anilines is 1. The fourth-order valence-corrected chi connectivity index (χ4v) is 2.97. The maximum absolute atomic E-state index is 13.8. The van der Waals surface area contributed by atoms with Crippen molar-refractivity contribution in [2.45, 2.75) is 0 Å². The number of halogens is 1. The van der Waals surface area contributed by atoms with Crippen molar-refractivity contribution in [3.05, 3.63) is 54.5 Å². The Hall–Kier alpha value is -3.48. The van der Waals surface area contributed by atoms with Gasteiger partial charge < -0.3 is 9.84 Å². The van der Waals surface area contributed by atoms with Gasteiger partial charge in [-0.15, -0.1) is 0 Å². The van der Waals surface area contributed by atoms with Gasteiger partial charge in [-0.2, -0.15) is 0 Å². The zero-order valence-electron chi connectivity index (χ0n) is 13.5. The Kier molecular flexibility index (Phi) is 3.76. The van der Waals surface area contributed by atoms with E-state index in [4.69, 9.17) is 9.84 Å². The number of fused-ring (bicyclic) bond motifs is 2. The van der Waals surface area contributed by atoms with Crippen LogP contribution in [0.15, 0.2) is 48.7 Å². The van der Waals surface area contributed by atoms with Gasteiger partial charge in [0.1, 0.15) is 23.6 Å². The van der Waals surface area contributed by atoms with Crippen molar-refractivity contribution in [3.63, 3.8) is 0 Å². The predicted octanol–water partition coefficient (Wildman–Crippen LogP) is 2.85. The Labute approximate surface area is 147 Å². The number of aromatic nitrogens is 1. The van der Waals surface area contributed by atoms with Crippen LogP contribution in [0.1, 0.15) is 0 Å². The number of rotatable bonds is 3. The largest absolute Gasteiger partial charge is 0.482 e. The number of pyridine rings is 1. The minimum atomic E-state index is -1.10. The predicted molar refractivity (Wildman–Crippen MR) is 92.6 cm³/mol. The third-order valence-corrected chi connectivity index (χ3v) is 4.19. The number of ether oxygens (including phenoxy) is 1. The molecule has 1 aromatic heterocycles. The highest BCUT2D eigenvalue weighted by Crippen LogP contribution is 2.36. The molecule has 1 amide bonds. The standard InChI is InChI=1S/C19H13FN2O4/c20-14-3-1-2-12-6-13(8-21-19(12)14)11-4-5-15-16(7-11)26-10-17(23)22(15)9-18(24)25/h1-8H,9-10H2,(H,24,25). The highest BCUT2D eigenvalue weighted by atomic mass is 19.1. The van der Waals surface area contributed by atoms with E-state index in [1.165, 1.54) is 11.0 Å². The molecule has 0 radical (unpaired) electrons. The molecule has 1 aliphatic heterocycles. The summed E-state index contributed by atoms with van der Waals surface area (Å²) in [6.45, 7) is -0.643. The van der Waals surface area contributed by atoms with E-state index in [0.29, 0.717) is 22.3 Å². The molecular formula is C19H13FN2O4. The van der Waals surface area contributed by atoms with Gasteiger partial charge in [-0.3, -0.25) is 19.5 Å². The number of carbonyl (C=O) groups is 2. The maximum atomic E-state index is 13.8. The number of hydrogen-bond acceptors (Lipinski definition) is 4. The van der Waals surface area contributed by atoms with Crippen LogP contribution in [0.5, 0.6) is 5.75 Å². The number of benzene rings is 2. The molecule has 1 aliphatic rings. The van der Waals surface area contributed by atoms with E-state index in [1.54, 1.807) is 36.5 Å². The summed E-state index contributed by atoms with van der Waals surface area (Å²) in [5, 5.41) is 9.66. The summed E-state index contributed by atoms with van der Waals surface area (Å²) in [4.78, 5) is 28.3. The normalized spacial score (nSPS) is 13.4. The second kappa shape index (κ2) is 6.11. The SMILES string of the molecule is O=C(O)CN1C(=O)COc2cc(-c3cnc4c(F)cccc4c3)ccc21. The fraction of sp³-hybridized carbons (Fsp3) is 0.105. The molecule has 0 saturated carbocycles. The summed E-state index contributed by atoms with van der Waals surface area (Å²) in [5.41, 5.74) is 2.24. The minimum Gasteiger partial charge on any atom is -0.482 e. The van der Waals surface area contributed by atoms with Crippen molar-refractivity contribution in [1.29, 1.82) is 0 Å². The molecule has 0 unspecified atom stereocenters. The molecule has 0 atom stereocenters. The van der Waals surface area contributed by atoms with Gasteiger partial charge in [0.25, 0.3) is 5.91 Å². The second-order valence-electron chi connectivity index (χ2n) is 5.88. The van der Waals surface area contributed by atoms with E-state index in [0.717, 1.165) is 11.1 Å². The molecule has 26 heavy (non-hydrogen) atoms. The Morgan fingerprint density at radius 3 is 2.88 bits per heavy atom. The van der Waals surface area contributed by atoms with E-state index in [9.17, 15) is 14.0 Å². The van der Waals surface area contributed by atoms with E-state index in [1.807, 2.05) is 6.07 Å². The first-order valence-electron chi connectivity index (χ1n) is 7.86. The molecule has 2 heterocycles. The smallest absolute Gasteiger partial charge is 0.323 e. The van der Waals surface area contributed by atoms with Gasteiger partial charge in [-0.05, 0) is 29.8 Å². The molecule has 1 N–H and O–H groups in total. The van der Waals surface area contributed by atoms with Crippen LogP contribution in [0.4, 0.5) is 10.1 Å². The van der Waals surface area contributed by atoms with Crippen molar-refractivity contribution in [2.24, 2.45) is 0 Å². The summed E-state index contributed by atoms with van der Waals surface area (Å²) in [6, 6.07) is 11.7. The van der Waals surface area contributed by atoms with Gasteiger partial charge in [0.15, 0.2) is 6.61 Å². The van der Waals surface area contributed by atoms with E-state index < -0.39 is 18.4 Å². The van der Waals surface area contributed by atoms with Gasteiger partial charge in [0.2, 0.25) is 0 Å². The second-order valence-corrected chi connectivity index (χ2v) is 5.88. The van der Waals surface area contributed by atoms with Crippen LogP contribution in [0.25, 0.3) is 22.0 Å². The van der Waals surface area contributed by atoms with Crippen LogP contribution < -0.4 is 9.64 Å². The lowest BCUT2D eigenvalue weighted by molar-refractivity contribution is -0.137. The van der Waals surface area contributed by atoms with E-state index >= 15 is 0 Å². The van der Waals surface area contributed by atoms with Crippen molar-refractivity contribution in [3.8, 4) is 16.9 Å². The van der Waals surface area contributed by atoms with Crippen molar-refractivity contribution in [1.82, 2.24) is 4.98 Å². The number of carboxylic acids is 1. The maximum Gasteiger partial charge on any atom is 0.323 e. The highest BCUT2D eigenvalue weighted by Gasteiger charge is 2.27. The van der Waals surface area contributed by atoms with E-state index in [-0.39, 0.29) is 12.4 Å². The third-order valence-electron chi connectivity index (χ3n) is 4.19. The lowest BCUT2D eigenvalue weighted by Gasteiger charge is -2.28. The molecule has 7 heteroatoms. The average molecular weight is 352 g/mol. The Morgan fingerprint density at radius 2 is 2.08 bits per heavy atom. The molecule has 0 fully saturated rings. The summed E-state index contributed by atoms with van der Waals surface area (Å²) in [5.74, 6) is -1.47. The lowest BCUT2D eigenvalue weighted by Crippen LogP contribution is -2.41. The Morgan fingerprint density at radius 1 is 1.23 bits per heavy atom.